The third-order valence-electron chi connectivity index (χ3n) is 8.74. The predicted molar refractivity (Wildman–Crippen MR) is 113 cm³/mol. The molecule has 0 aromatic carbocycles. The van der Waals surface area contributed by atoms with Gasteiger partial charge in [0.2, 0.25) is 0 Å². The maximum atomic E-state index is 5.15. The second kappa shape index (κ2) is 7.59. The highest BCUT2D eigenvalue weighted by Gasteiger charge is 2.45. The lowest BCUT2D eigenvalue weighted by atomic mass is 9.83. The van der Waals surface area contributed by atoms with Crippen LogP contribution in [-0.4, -0.2) is 47.5 Å². The van der Waals surface area contributed by atoms with Gasteiger partial charge in [-0.2, -0.15) is 0 Å². The fourth-order valence-electron chi connectivity index (χ4n) is 7.46. The molecule has 2 bridgehead atoms. The molecule has 1 saturated heterocycles. The molecule has 5 aliphatic rings. The van der Waals surface area contributed by atoms with Crippen molar-refractivity contribution in [2.24, 2.45) is 34.6 Å². The highest BCUT2D eigenvalue weighted by atomic mass is 15.5. The summed E-state index contributed by atoms with van der Waals surface area (Å²) >= 11 is 0. The van der Waals surface area contributed by atoms with Crippen molar-refractivity contribution in [3.63, 3.8) is 0 Å². The summed E-state index contributed by atoms with van der Waals surface area (Å²) in [6, 6.07) is 1.44. The van der Waals surface area contributed by atoms with Crippen molar-refractivity contribution in [1.29, 1.82) is 0 Å². The van der Waals surface area contributed by atoms with Crippen LogP contribution in [-0.2, 0) is 0 Å². The van der Waals surface area contributed by atoms with Crippen LogP contribution in [0.3, 0.4) is 0 Å². The molecule has 0 radical (unpaired) electrons. The lowest BCUT2D eigenvalue weighted by Crippen LogP contribution is -2.41. The second-order valence-corrected chi connectivity index (χ2v) is 11.0. The molecule has 27 heavy (non-hydrogen) atoms. The fourth-order valence-corrected chi connectivity index (χ4v) is 7.46. The molecule has 0 amide bonds. The maximum absolute atomic E-state index is 5.15. The van der Waals surface area contributed by atoms with E-state index < -0.39 is 0 Å². The zero-order valence-electron chi connectivity index (χ0n) is 17.8. The highest BCUT2D eigenvalue weighted by Crippen LogP contribution is 2.49. The minimum Gasteiger partial charge on any atom is -0.338 e. The van der Waals surface area contributed by atoms with Gasteiger partial charge < -0.3 is 9.80 Å². The molecule has 3 aliphatic carbocycles. The number of guanidine groups is 1. The molecule has 0 N–H and O–H groups in total. The molecule has 4 fully saturated rings. The van der Waals surface area contributed by atoms with Crippen LogP contribution in [0.4, 0.5) is 0 Å². The van der Waals surface area contributed by atoms with Gasteiger partial charge in [0.25, 0.3) is 0 Å². The number of rotatable bonds is 6. The molecule has 3 nitrogen and oxygen atoms in total. The number of fused-ring (bicyclic) bond motifs is 3. The van der Waals surface area contributed by atoms with Gasteiger partial charge in [-0.05, 0) is 74.5 Å². The average Bonchev–Trinajstić information content (AvgIpc) is 3.41. The van der Waals surface area contributed by atoms with E-state index in [9.17, 15) is 0 Å². The standard InChI is InChI=1S/C24H41N3/c1-17(2)12-22-16-27-23(19-6-4-3-5-7-19)15-25-24(27)26(22)11-10-21-14-18-8-9-20(21)13-18/h17-23H,3-16H2,1-2H3/t18?,20?,21?,22-,23-/m1/s1. The van der Waals surface area contributed by atoms with Crippen molar-refractivity contribution < 1.29 is 0 Å². The van der Waals surface area contributed by atoms with Crippen molar-refractivity contribution in [3.05, 3.63) is 0 Å². The van der Waals surface area contributed by atoms with E-state index >= 15 is 0 Å². The van der Waals surface area contributed by atoms with Gasteiger partial charge in [0.05, 0.1) is 12.6 Å². The second-order valence-electron chi connectivity index (χ2n) is 11.0. The van der Waals surface area contributed by atoms with Crippen LogP contribution >= 0.6 is 0 Å². The Balaban J connectivity index is 1.25. The average molecular weight is 372 g/mol. The monoisotopic (exact) mass is 371 g/mol. The van der Waals surface area contributed by atoms with Gasteiger partial charge in [-0.1, -0.05) is 39.5 Å². The van der Waals surface area contributed by atoms with Crippen molar-refractivity contribution in [2.75, 3.05) is 19.6 Å². The Morgan fingerprint density at radius 1 is 1.00 bits per heavy atom. The first-order chi connectivity index (χ1) is 13.2. The maximum Gasteiger partial charge on any atom is 0.197 e. The molecule has 3 saturated carbocycles. The van der Waals surface area contributed by atoms with Crippen LogP contribution in [0.15, 0.2) is 4.99 Å². The summed E-state index contributed by atoms with van der Waals surface area (Å²) in [5.41, 5.74) is 0. The Labute approximate surface area is 167 Å². The topological polar surface area (TPSA) is 18.8 Å². The normalized spacial score (nSPS) is 38.9. The Morgan fingerprint density at radius 3 is 2.56 bits per heavy atom. The van der Waals surface area contributed by atoms with Crippen molar-refractivity contribution in [3.8, 4) is 0 Å². The summed E-state index contributed by atoms with van der Waals surface area (Å²) in [6.07, 6.45) is 16.2. The van der Waals surface area contributed by atoms with E-state index in [1.165, 1.54) is 83.3 Å². The lowest BCUT2D eigenvalue weighted by molar-refractivity contribution is 0.200. The Kier molecular flexibility index (Phi) is 5.15. The minimum absolute atomic E-state index is 0.716. The van der Waals surface area contributed by atoms with Gasteiger partial charge in [-0.3, -0.25) is 4.99 Å². The van der Waals surface area contributed by atoms with E-state index in [1.54, 1.807) is 6.42 Å². The van der Waals surface area contributed by atoms with Gasteiger partial charge in [-0.15, -0.1) is 0 Å². The lowest BCUT2D eigenvalue weighted by Gasteiger charge is -2.33. The summed E-state index contributed by atoms with van der Waals surface area (Å²) in [4.78, 5) is 10.7. The molecule has 0 aromatic rings. The molecule has 5 atom stereocenters. The quantitative estimate of drug-likeness (QED) is 0.642. The molecule has 2 heterocycles. The zero-order chi connectivity index (χ0) is 18.4. The van der Waals surface area contributed by atoms with E-state index in [1.807, 2.05) is 0 Å². The molecule has 2 aliphatic heterocycles. The van der Waals surface area contributed by atoms with Crippen LogP contribution in [0.2, 0.25) is 0 Å². The fraction of sp³-hybridized carbons (Fsp3) is 0.958. The molecular weight excluding hydrogens is 330 g/mol. The van der Waals surface area contributed by atoms with Crippen molar-refractivity contribution in [2.45, 2.75) is 96.6 Å². The Morgan fingerprint density at radius 2 is 1.85 bits per heavy atom. The summed E-state index contributed by atoms with van der Waals surface area (Å²) < 4.78 is 0. The number of hydrogen-bond acceptors (Lipinski definition) is 3. The first-order valence-electron chi connectivity index (χ1n) is 12.3. The number of hydrogen-bond donors (Lipinski definition) is 0. The summed E-state index contributed by atoms with van der Waals surface area (Å²) in [5, 5.41) is 0. The van der Waals surface area contributed by atoms with Crippen molar-refractivity contribution >= 4 is 5.96 Å². The van der Waals surface area contributed by atoms with Gasteiger partial charge in [0, 0.05) is 19.1 Å². The molecular formula is C24H41N3. The largest absolute Gasteiger partial charge is 0.338 e. The van der Waals surface area contributed by atoms with Gasteiger partial charge in [0.15, 0.2) is 5.96 Å². The third-order valence-corrected chi connectivity index (χ3v) is 8.74. The van der Waals surface area contributed by atoms with E-state index in [0.29, 0.717) is 6.04 Å². The van der Waals surface area contributed by atoms with Crippen LogP contribution in [0.25, 0.3) is 0 Å². The molecule has 5 rings (SSSR count). The smallest absolute Gasteiger partial charge is 0.197 e. The van der Waals surface area contributed by atoms with Crippen LogP contribution in [0.5, 0.6) is 0 Å². The first-order valence-corrected chi connectivity index (χ1v) is 12.3. The van der Waals surface area contributed by atoms with Crippen LogP contribution in [0.1, 0.15) is 84.5 Å². The summed E-state index contributed by atoms with van der Waals surface area (Å²) in [5.74, 6) is 6.27. The SMILES string of the molecule is CC(C)C[C@@H]1CN2C(=NC[C@@H]2C2CCCCC2)N1CCC1CC2CCC1C2. The molecule has 0 spiro atoms. The van der Waals surface area contributed by atoms with E-state index in [0.717, 1.165) is 42.2 Å². The van der Waals surface area contributed by atoms with Gasteiger partial charge >= 0.3 is 0 Å². The molecule has 152 valence electrons. The van der Waals surface area contributed by atoms with Gasteiger partial charge in [-0.25, -0.2) is 0 Å². The van der Waals surface area contributed by atoms with E-state index in [-0.39, 0.29) is 0 Å². The zero-order valence-corrected chi connectivity index (χ0v) is 17.8. The van der Waals surface area contributed by atoms with E-state index in [4.69, 9.17) is 4.99 Å². The summed E-state index contributed by atoms with van der Waals surface area (Å²) in [7, 11) is 0. The first kappa shape index (κ1) is 18.3. The van der Waals surface area contributed by atoms with Crippen LogP contribution < -0.4 is 0 Å². The number of nitrogens with zero attached hydrogens (tertiary/aromatic N) is 3. The predicted octanol–water partition coefficient (Wildman–Crippen LogP) is 5.16. The highest BCUT2D eigenvalue weighted by molar-refractivity contribution is 5.84. The van der Waals surface area contributed by atoms with Crippen molar-refractivity contribution in [1.82, 2.24) is 9.80 Å². The van der Waals surface area contributed by atoms with Gasteiger partial charge in [0.1, 0.15) is 0 Å². The Bertz CT molecular complexity index is 550. The minimum atomic E-state index is 0.716. The summed E-state index contributed by atoms with van der Waals surface area (Å²) in [6.45, 7) is 8.42. The Hall–Kier alpha value is -0.730. The molecule has 0 aromatic heterocycles. The van der Waals surface area contributed by atoms with E-state index in [2.05, 4.69) is 23.6 Å². The molecule has 3 heteroatoms. The number of aliphatic imine (C=N–C) groups is 1. The molecule has 3 unspecified atom stereocenters. The third kappa shape index (κ3) is 3.53. The van der Waals surface area contributed by atoms with Crippen LogP contribution in [0, 0.1) is 29.6 Å².